The zero-order valence-electron chi connectivity index (χ0n) is 17.0. The lowest BCUT2D eigenvalue weighted by Gasteiger charge is -2.54. The zero-order chi connectivity index (χ0) is 20.6. The maximum absolute atomic E-state index is 15.4. The van der Waals surface area contributed by atoms with E-state index in [1.54, 1.807) is 6.08 Å². The third-order valence-electron chi connectivity index (χ3n) is 8.07. The smallest absolute Gasteiger partial charge is 0.250 e. The molecule has 7 aliphatic rings. The van der Waals surface area contributed by atoms with Crippen molar-refractivity contribution in [3.63, 3.8) is 0 Å². The lowest BCUT2D eigenvalue weighted by Crippen LogP contribution is -2.50. The highest BCUT2D eigenvalue weighted by atomic mass is 32.2. The van der Waals surface area contributed by atoms with Crippen LogP contribution in [0.5, 0.6) is 0 Å². The van der Waals surface area contributed by atoms with E-state index in [0.29, 0.717) is 11.8 Å². The molecule has 1 unspecified atom stereocenters. The maximum atomic E-state index is 15.4. The van der Waals surface area contributed by atoms with Gasteiger partial charge in [-0.25, -0.2) is 4.39 Å². The molecule has 7 heteroatoms. The molecule has 7 aliphatic carbocycles. The van der Waals surface area contributed by atoms with Crippen molar-refractivity contribution in [2.75, 3.05) is 0 Å². The van der Waals surface area contributed by atoms with Gasteiger partial charge in [-0.3, -0.25) is 4.79 Å². The number of carbonyl (C=O) groups excluding carboxylic acids is 1. The summed E-state index contributed by atoms with van der Waals surface area (Å²) >= 11 is 0. The summed E-state index contributed by atoms with van der Waals surface area (Å²) in [5, 5.41) is 2.81. The van der Waals surface area contributed by atoms with Crippen LogP contribution in [-0.4, -0.2) is 37.5 Å². The predicted octanol–water partition coefficient (Wildman–Crippen LogP) is 3.10. The molecule has 0 saturated heterocycles. The van der Waals surface area contributed by atoms with Gasteiger partial charge in [0, 0.05) is 6.04 Å². The molecule has 1 atom stereocenters. The van der Waals surface area contributed by atoms with Crippen molar-refractivity contribution in [3.8, 4) is 0 Å². The van der Waals surface area contributed by atoms with Gasteiger partial charge in [0.15, 0.2) is 11.0 Å². The van der Waals surface area contributed by atoms with E-state index in [2.05, 4.69) is 5.32 Å². The van der Waals surface area contributed by atoms with Crippen LogP contribution < -0.4 is 5.32 Å². The standard InChI is InChI=1S/C23H28FNO4S/c24-19-18(23(26)25-16-3-4-16)10-17(13-1-2-13)21(22(19)30(27)28)29-20-14-6-11-5-12(8-14)9-15(20)7-11/h10-16,19-20H,1-9H2,(H,25,26). The Balaban J connectivity index is 1.37. The molecule has 0 aromatic rings. The van der Waals surface area contributed by atoms with Crippen LogP contribution in [-0.2, 0) is 19.8 Å². The number of hydrogen-bond donors (Lipinski definition) is 1. The van der Waals surface area contributed by atoms with E-state index in [9.17, 15) is 13.2 Å². The van der Waals surface area contributed by atoms with Crippen LogP contribution in [0.2, 0.25) is 0 Å². The molecule has 5 nitrogen and oxygen atoms in total. The molecule has 7 rings (SSSR count). The van der Waals surface area contributed by atoms with Crippen LogP contribution in [0.15, 0.2) is 23.0 Å². The third kappa shape index (κ3) is 3.24. The van der Waals surface area contributed by atoms with Crippen molar-refractivity contribution in [2.45, 2.75) is 76.1 Å². The molecule has 0 aromatic carbocycles. The summed E-state index contributed by atoms with van der Waals surface area (Å²) in [6.07, 6.45) is 9.15. The number of nitrogens with one attached hydrogen (secondary N) is 1. The van der Waals surface area contributed by atoms with Gasteiger partial charge in [0.25, 0.3) is 5.91 Å². The summed E-state index contributed by atoms with van der Waals surface area (Å²) in [7, 11) is -2.78. The van der Waals surface area contributed by atoms with Gasteiger partial charge in [-0.1, -0.05) is 0 Å². The molecule has 1 N–H and O–H groups in total. The second-order valence-corrected chi connectivity index (χ2v) is 11.3. The quantitative estimate of drug-likeness (QED) is 0.677. The second kappa shape index (κ2) is 6.94. The summed E-state index contributed by atoms with van der Waals surface area (Å²) in [5.41, 5.74) is 0.637. The lowest BCUT2D eigenvalue weighted by molar-refractivity contribution is -0.118. The second-order valence-electron chi connectivity index (χ2n) is 10.4. The molecule has 0 heterocycles. The van der Waals surface area contributed by atoms with Gasteiger partial charge >= 0.3 is 0 Å². The zero-order valence-corrected chi connectivity index (χ0v) is 17.8. The van der Waals surface area contributed by atoms with E-state index in [4.69, 9.17) is 4.74 Å². The third-order valence-corrected chi connectivity index (χ3v) is 8.82. The lowest BCUT2D eigenvalue weighted by atomic mass is 9.55. The fraction of sp³-hybridized carbons (Fsp3) is 0.739. The Labute approximate surface area is 177 Å². The monoisotopic (exact) mass is 433 g/mol. The van der Waals surface area contributed by atoms with Gasteiger partial charge in [-0.15, -0.1) is 0 Å². The first-order chi connectivity index (χ1) is 14.5. The van der Waals surface area contributed by atoms with E-state index in [-0.39, 0.29) is 34.3 Å². The first kappa shape index (κ1) is 19.1. The highest BCUT2D eigenvalue weighted by molar-refractivity contribution is 7.73. The molecule has 4 bridgehead atoms. The molecule has 0 aromatic heterocycles. The van der Waals surface area contributed by atoms with Gasteiger partial charge in [-0.2, -0.15) is 8.42 Å². The van der Waals surface area contributed by atoms with Crippen LogP contribution in [0.25, 0.3) is 0 Å². The summed E-state index contributed by atoms with van der Waals surface area (Å²) in [6.45, 7) is 0. The average Bonchev–Trinajstić information content (AvgIpc) is 3.58. The van der Waals surface area contributed by atoms with E-state index < -0.39 is 22.4 Å². The average molecular weight is 434 g/mol. The van der Waals surface area contributed by atoms with Crippen molar-refractivity contribution in [1.82, 2.24) is 5.32 Å². The Morgan fingerprint density at radius 3 is 2.17 bits per heavy atom. The number of rotatable bonds is 5. The number of hydrogen-bond acceptors (Lipinski definition) is 4. The molecular formula is C23H28FNO4S. The Morgan fingerprint density at radius 2 is 1.63 bits per heavy atom. The van der Waals surface area contributed by atoms with Crippen molar-refractivity contribution >= 4 is 21.1 Å². The topological polar surface area (TPSA) is 72.5 Å². The molecule has 162 valence electrons. The minimum Gasteiger partial charge on any atom is -0.488 e. The van der Waals surface area contributed by atoms with E-state index in [1.807, 2.05) is 0 Å². The molecule has 6 fully saturated rings. The minimum atomic E-state index is -2.78. The van der Waals surface area contributed by atoms with Gasteiger partial charge < -0.3 is 10.1 Å². The van der Waals surface area contributed by atoms with Crippen LogP contribution in [0, 0.1) is 29.6 Å². The van der Waals surface area contributed by atoms with Crippen molar-refractivity contribution < 1.29 is 22.3 Å². The Kier molecular flexibility index (Phi) is 4.41. The molecular weight excluding hydrogens is 405 g/mol. The summed E-state index contributed by atoms with van der Waals surface area (Å²) in [4.78, 5) is 12.2. The van der Waals surface area contributed by atoms with Gasteiger partial charge in [0.1, 0.15) is 11.9 Å². The van der Waals surface area contributed by atoms with E-state index in [0.717, 1.165) is 68.8 Å². The molecule has 0 aliphatic heterocycles. The largest absolute Gasteiger partial charge is 0.488 e. The van der Waals surface area contributed by atoms with Gasteiger partial charge in [-0.05, 0) is 99.0 Å². The summed E-state index contributed by atoms with van der Waals surface area (Å²) in [6, 6.07) is 0.0887. The molecule has 6 saturated carbocycles. The first-order valence-corrected chi connectivity index (χ1v) is 12.6. The number of halogens is 1. The van der Waals surface area contributed by atoms with Gasteiger partial charge in [0.05, 0.1) is 5.57 Å². The molecule has 30 heavy (non-hydrogen) atoms. The number of allylic oxidation sites excluding steroid dienone is 3. The maximum Gasteiger partial charge on any atom is 0.250 e. The van der Waals surface area contributed by atoms with Crippen LogP contribution in [0.3, 0.4) is 0 Å². The number of carbonyl (C=O) groups is 1. The summed E-state index contributed by atoms with van der Waals surface area (Å²) < 4.78 is 46.2. The Bertz CT molecular complexity index is 953. The van der Waals surface area contributed by atoms with Crippen LogP contribution in [0.4, 0.5) is 4.39 Å². The van der Waals surface area contributed by atoms with Crippen LogP contribution in [0.1, 0.15) is 57.8 Å². The summed E-state index contributed by atoms with van der Waals surface area (Å²) in [5.74, 6) is 2.33. The Morgan fingerprint density at radius 1 is 1.00 bits per heavy atom. The molecule has 1 amide bonds. The first-order valence-electron chi connectivity index (χ1n) is 11.5. The van der Waals surface area contributed by atoms with Crippen molar-refractivity contribution in [2.24, 2.45) is 29.6 Å². The fourth-order valence-corrected chi connectivity index (χ4v) is 7.18. The molecule has 0 spiro atoms. The van der Waals surface area contributed by atoms with Crippen molar-refractivity contribution in [3.05, 3.63) is 23.0 Å². The van der Waals surface area contributed by atoms with E-state index >= 15 is 4.39 Å². The van der Waals surface area contributed by atoms with Crippen molar-refractivity contribution in [1.29, 1.82) is 0 Å². The van der Waals surface area contributed by atoms with Gasteiger partial charge in [0.2, 0.25) is 10.3 Å². The number of amides is 1. The number of alkyl halides is 1. The number of ether oxygens (including phenoxy) is 1. The normalized spacial score (nSPS) is 39.8. The molecule has 0 radical (unpaired) electrons. The highest BCUT2D eigenvalue weighted by Gasteiger charge is 2.51. The SMILES string of the molecule is O=C(NC1CC1)C1=CC(C2CC2)=C(OC2C3CC4CC(C3)CC2C4)C(=S(=O)=O)C1F. The highest BCUT2D eigenvalue weighted by Crippen LogP contribution is 2.55. The minimum absolute atomic E-state index is 0.0254. The Hall–Kier alpha value is -1.63. The van der Waals surface area contributed by atoms with E-state index in [1.165, 1.54) is 6.42 Å². The van der Waals surface area contributed by atoms with Crippen LogP contribution >= 0.6 is 0 Å². The predicted molar refractivity (Wildman–Crippen MR) is 110 cm³/mol. The fourth-order valence-electron chi connectivity index (χ4n) is 6.57.